The molecule has 3 aromatic rings. The van der Waals surface area contributed by atoms with Crippen LogP contribution in [0.25, 0.3) is 5.95 Å². The Kier molecular flexibility index (Phi) is 4.98. The number of carbonyl (C=O) groups excluding carboxylic acids is 1. The molecule has 0 aliphatic heterocycles. The third kappa shape index (κ3) is 3.57. The van der Waals surface area contributed by atoms with Gasteiger partial charge in [0.1, 0.15) is 5.82 Å². The molecule has 0 aromatic carbocycles. The second-order valence-corrected chi connectivity index (χ2v) is 7.03. The Morgan fingerprint density at radius 1 is 1.35 bits per heavy atom. The van der Waals surface area contributed by atoms with Crippen molar-refractivity contribution in [2.45, 2.75) is 38.9 Å². The second kappa shape index (κ2) is 7.20. The van der Waals surface area contributed by atoms with E-state index < -0.39 is 0 Å². The molecule has 0 atom stereocenters. The van der Waals surface area contributed by atoms with E-state index in [9.17, 15) is 4.79 Å². The Labute approximate surface area is 154 Å². The highest BCUT2D eigenvalue weighted by Crippen LogP contribution is 2.19. The number of rotatable bonds is 6. The van der Waals surface area contributed by atoms with E-state index >= 15 is 0 Å². The number of nitrogen functional groups attached to an aromatic ring is 1. The van der Waals surface area contributed by atoms with Crippen LogP contribution < -0.4 is 11.2 Å². The topological polar surface area (TPSA) is 121 Å². The fourth-order valence-corrected chi connectivity index (χ4v) is 3.13. The number of hydrogen-bond acceptors (Lipinski definition) is 7. The normalized spacial score (nSPS) is 11.3. The van der Waals surface area contributed by atoms with Crippen LogP contribution in [-0.4, -0.2) is 46.1 Å². The molecule has 0 saturated carbocycles. The van der Waals surface area contributed by atoms with Crippen LogP contribution in [0.3, 0.4) is 0 Å². The summed E-state index contributed by atoms with van der Waals surface area (Å²) >= 11 is 1.20. The van der Waals surface area contributed by atoms with E-state index in [0.29, 0.717) is 16.9 Å². The summed E-state index contributed by atoms with van der Waals surface area (Å²) in [5.41, 5.74) is 1.76. The average Bonchev–Trinajstić information content (AvgIpc) is 3.25. The van der Waals surface area contributed by atoms with E-state index in [0.717, 1.165) is 11.4 Å². The Bertz CT molecular complexity index is 924. The molecule has 138 valence electrons. The number of thioether (sulfide) groups is 1. The highest BCUT2D eigenvalue weighted by Gasteiger charge is 2.16. The van der Waals surface area contributed by atoms with E-state index in [1.165, 1.54) is 16.4 Å². The molecule has 3 aromatic heterocycles. The molecule has 0 radical (unpaired) electrons. The van der Waals surface area contributed by atoms with Crippen molar-refractivity contribution in [3.63, 3.8) is 0 Å². The molecule has 0 fully saturated rings. The maximum atomic E-state index is 12.2. The zero-order valence-electron chi connectivity index (χ0n) is 15.0. The summed E-state index contributed by atoms with van der Waals surface area (Å²) in [6, 6.07) is 3.84. The molecule has 1 amide bonds. The molecule has 0 aliphatic carbocycles. The molecule has 10 nitrogen and oxygen atoms in total. The smallest absolute Gasteiger partial charge is 0.271 e. The zero-order valence-corrected chi connectivity index (χ0v) is 15.9. The molecule has 0 saturated heterocycles. The van der Waals surface area contributed by atoms with Crippen LogP contribution in [0.2, 0.25) is 0 Å². The third-order valence-corrected chi connectivity index (χ3v) is 4.55. The van der Waals surface area contributed by atoms with E-state index in [-0.39, 0.29) is 17.7 Å². The highest BCUT2D eigenvalue weighted by molar-refractivity contribution is 7.99. The van der Waals surface area contributed by atoms with E-state index in [1.54, 1.807) is 21.6 Å². The number of nitrogens with one attached hydrogen (secondary N) is 1. The molecule has 26 heavy (non-hydrogen) atoms. The number of aryl methyl sites for hydroxylation is 2. The maximum absolute atomic E-state index is 12.2. The van der Waals surface area contributed by atoms with Crippen molar-refractivity contribution in [1.29, 1.82) is 0 Å². The fourth-order valence-electron chi connectivity index (χ4n) is 2.48. The molecule has 3 N–H and O–H groups in total. The Balaban J connectivity index is 1.66. The van der Waals surface area contributed by atoms with Crippen LogP contribution >= 0.6 is 11.8 Å². The first kappa shape index (κ1) is 18.0. The lowest BCUT2D eigenvalue weighted by Gasteiger charge is -2.11. The van der Waals surface area contributed by atoms with Crippen LogP contribution in [0.5, 0.6) is 0 Å². The predicted octanol–water partition coefficient (Wildman–Crippen LogP) is 1.30. The van der Waals surface area contributed by atoms with Gasteiger partial charge in [-0.1, -0.05) is 11.8 Å². The zero-order chi connectivity index (χ0) is 18.8. The van der Waals surface area contributed by atoms with Crippen molar-refractivity contribution in [3.05, 3.63) is 29.7 Å². The third-order valence-electron chi connectivity index (χ3n) is 3.60. The standard InChI is InChI=1S/C15H21N9OS/c1-9(2)23-12(5-6-17-23)18-13(25)8-26-15-20-19-14(22(15)16)24-11(4)7-10(3)21-24/h5-7,9H,8,16H2,1-4H3,(H,18,25). The molecule has 3 rings (SSSR count). The van der Waals surface area contributed by atoms with Gasteiger partial charge in [0.15, 0.2) is 0 Å². The van der Waals surface area contributed by atoms with Gasteiger partial charge >= 0.3 is 0 Å². The van der Waals surface area contributed by atoms with Crippen LogP contribution in [0.1, 0.15) is 31.3 Å². The van der Waals surface area contributed by atoms with Crippen LogP contribution in [-0.2, 0) is 4.79 Å². The van der Waals surface area contributed by atoms with Gasteiger partial charge < -0.3 is 11.2 Å². The number of nitrogens with zero attached hydrogens (tertiary/aromatic N) is 7. The van der Waals surface area contributed by atoms with E-state index in [4.69, 9.17) is 5.84 Å². The summed E-state index contributed by atoms with van der Waals surface area (Å²) in [4.78, 5) is 12.2. The van der Waals surface area contributed by atoms with Crippen LogP contribution in [0.15, 0.2) is 23.5 Å². The van der Waals surface area contributed by atoms with Gasteiger partial charge in [0.25, 0.3) is 5.95 Å². The number of anilines is 1. The first-order valence-electron chi connectivity index (χ1n) is 8.07. The first-order chi connectivity index (χ1) is 12.4. The van der Waals surface area contributed by atoms with Gasteiger partial charge in [0, 0.05) is 17.8 Å². The van der Waals surface area contributed by atoms with Crippen molar-refractivity contribution in [2.75, 3.05) is 16.9 Å². The van der Waals surface area contributed by atoms with E-state index in [2.05, 4.69) is 25.7 Å². The van der Waals surface area contributed by atoms with Gasteiger partial charge in [0.05, 0.1) is 17.6 Å². The largest absolute Gasteiger partial charge is 0.334 e. The first-order valence-corrected chi connectivity index (χ1v) is 9.05. The minimum atomic E-state index is -0.173. The van der Waals surface area contributed by atoms with Crippen molar-refractivity contribution in [2.24, 2.45) is 0 Å². The summed E-state index contributed by atoms with van der Waals surface area (Å²) < 4.78 is 4.69. The minimum Gasteiger partial charge on any atom is -0.334 e. The van der Waals surface area contributed by atoms with Gasteiger partial charge in [-0.15, -0.1) is 10.2 Å². The number of hydrogen-bond donors (Lipinski definition) is 2. The predicted molar refractivity (Wildman–Crippen MR) is 98.7 cm³/mol. The van der Waals surface area contributed by atoms with Gasteiger partial charge in [-0.3, -0.25) is 4.79 Å². The maximum Gasteiger partial charge on any atom is 0.271 e. The highest BCUT2D eigenvalue weighted by atomic mass is 32.2. The van der Waals surface area contributed by atoms with Gasteiger partial charge in [0.2, 0.25) is 11.1 Å². The Morgan fingerprint density at radius 3 is 2.77 bits per heavy atom. The number of amides is 1. The summed E-state index contributed by atoms with van der Waals surface area (Å²) in [7, 11) is 0. The summed E-state index contributed by atoms with van der Waals surface area (Å²) in [5, 5.41) is 19.9. The lowest BCUT2D eigenvalue weighted by atomic mass is 10.4. The number of nitrogens with two attached hydrogens (primary N) is 1. The second-order valence-electron chi connectivity index (χ2n) is 6.08. The lowest BCUT2D eigenvalue weighted by Crippen LogP contribution is -2.20. The fraction of sp³-hybridized carbons (Fsp3) is 0.400. The summed E-state index contributed by atoms with van der Waals surface area (Å²) in [6.07, 6.45) is 1.65. The van der Waals surface area contributed by atoms with Crippen molar-refractivity contribution >= 4 is 23.5 Å². The monoisotopic (exact) mass is 375 g/mol. The number of carbonyl (C=O) groups is 1. The van der Waals surface area contributed by atoms with Crippen molar-refractivity contribution in [1.82, 2.24) is 34.4 Å². The molecular formula is C15H21N9OS. The van der Waals surface area contributed by atoms with Crippen LogP contribution in [0, 0.1) is 13.8 Å². The van der Waals surface area contributed by atoms with Crippen molar-refractivity contribution in [3.8, 4) is 5.95 Å². The molecule has 11 heteroatoms. The van der Waals surface area contributed by atoms with Crippen LogP contribution in [0.4, 0.5) is 5.82 Å². The summed E-state index contributed by atoms with van der Waals surface area (Å²) in [5.74, 6) is 7.09. The Morgan fingerprint density at radius 2 is 2.12 bits per heavy atom. The van der Waals surface area contributed by atoms with E-state index in [1.807, 2.05) is 33.8 Å². The number of aromatic nitrogens is 7. The van der Waals surface area contributed by atoms with Gasteiger partial charge in [-0.2, -0.15) is 10.2 Å². The van der Waals surface area contributed by atoms with Gasteiger partial charge in [-0.25, -0.2) is 14.0 Å². The Hall–Kier alpha value is -2.82. The molecule has 0 spiro atoms. The minimum absolute atomic E-state index is 0.149. The molecule has 0 aliphatic rings. The lowest BCUT2D eigenvalue weighted by molar-refractivity contribution is -0.113. The SMILES string of the molecule is Cc1cc(C)n(-c2nnc(SCC(=O)Nc3ccnn3C(C)C)n2N)n1. The quantitative estimate of drug-likeness (QED) is 0.492. The average molecular weight is 375 g/mol. The van der Waals surface area contributed by atoms with Gasteiger partial charge in [-0.05, 0) is 33.8 Å². The molecule has 0 bridgehead atoms. The molecular weight excluding hydrogens is 354 g/mol. The molecule has 3 heterocycles. The summed E-state index contributed by atoms with van der Waals surface area (Å²) in [6.45, 7) is 7.79. The molecule has 0 unspecified atom stereocenters. The van der Waals surface area contributed by atoms with Crippen molar-refractivity contribution < 1.29 is 4.79 Å².